The van der Waals surface area contributed by atoms with Crippen molar-refractivity contribution >= 4 is 5.91 Å². The number of hydrogen-bond donors (Lipinski definition) is 1. The average molecular weight is 263 g/mol. The zero-order valence-electron chi connectivity index (χ0n) is 9.66. The SMILES string of the molecule is Cn1nc(C(=O)N2CCNCC2)c(C(F)(F)F)n1. The molecule has 1 aliphatic heterocycles. The normalized spacial score (nSPS) is 17.0. The van der Waals surface area contributed by atoms with E-state index < -0.39 is 23.5 Å². The highest BCUT2D eigenvalue weighted by molar-refractivity contribution is 5.93. The number of carbonyl (C=O) groups excluding carboxylic acids is 1. The number of aromatic nitrogens is 3. The topological polar surface area (TPSA) is 63.1 Å². The zero-order chi connectivity index (χ0) is 13.3. The van der Waals surface area contributed by atoms with Crippen molar-refractivity contribution in [2.45, 2.75) is 6.18 Å². The summed E-state index contributed by atoms with van der Waals surface area (Å²) in [5.41, 5.74) is -1.86. The molecular weight excluding hydrogens is 251 g/mol. The van der Waals surface area contributed by atoms with Gasteiger partial charge in [0.1, 0.15) is 0 Å². The Kier molecular flexibility index (Phi) is 3.24. The summed E-state index contributed by atoms with van der Waals surface area (Å²) in [5.74, 6) is -0.725. The summed E-state index contributed by atoms with van der Waals surface area (Å²) in [5, 5.41) is 9.76. The molecule has 0 atom stereocenters. The van der Waals surface area contributed by atoms with E-state index in [4.69, 9.17) is 0 Å². The van der Waals surface area contributed by atoms with Gasteiger partial charge in [-0.2, -0.15) is 18.0 Å². The molecule has 18 heavy (non-hydrogen) atoms. The Labute approximate surface area is 101 Å². The molecule has 9 heteroatoms. The van der Waals surface area contributed by atoms with Gasteiger partial charge >= 0.3 is 6.18 Å². The number of rotatable bonds is 1. The van der Waals surface area contributed by atoms with Crippen LogP contribution in [-0.4, -0.2) is 52.0 Å². The predicted octanol–water partition coefficient (Wildman–Crippen LogP) is -0.121. The third kappa shape index (κ3) is 2.45. The van der Waals surface area contributed by atoms with Gasteiger partial charge in [-0.3, -0.25) is 4.79 Å². The van der Waals surface area contributed by atoms with Gasteiger partial charge in [0.2, 0.25) is 0 Å². The second-order valence-electron chi connectivity index (χ2n) is 3.93. The van der Waals surface area contributed by atoms with E-state index in [1.165, 1.54) is 11.9 Å². The highest BCUT2D eigenvalue weighted by Crippen LogP contribution is 2.30. The summed E-state index contributed by atoms with van der Waals surface area (Å²) in [4.78, 5) is 14.1. The fourth-order valence-electron chi connectivity index (χ4n) is 1.76. The lowest BCUT2D eigenvalue weighted by Crippen LogP contribution is -2.46. The first-order chi connectivity index (χ1) is 8.39. The molecule has 0 radical (unpaired) electrons. The summed E-state index contributed by atoms with van der Waals surface area (Å²) >= 11 is 0. The van der Waals surface area contributed by atoms with E-state index in [2.05, 4.69) is 15.5 Å². The van der Waals surface area contributed by atoms with E-state index in [9.17, 15) is 18.0 Å². The minimum absolute atomic E-state index is 0.368. The maximum absolute atomic E-state index is 12.7. The van der Waals surface area contributed by atoms with E-state index in [1.54, 1.807) is 0 Å². The lowest BCUT2D eigenvalue weighted by Gasteiger charge is -2.26. The van der Waals surface area contributed by atoms with Crippen LogP contribution in [0.2, 0.25) is 0 Å². The molecule has 0 aromatic carbocycles. The third-order valence-electron chi connectivity index (χ3n) is 2.59. The summed E-state index contributed by atoms with van der Waals surface area (Å²) in [6.45, 7) is 1.86. The zero-order valence-corrected chi connectivity index (χ0v) is 9.66. The lowest BCUT2D eigenvalue weighted by atomic mass is 10.2. The summed E-state index contributed by atoms with van der Waals surface area (Å²) < 4.78 is 38.1. The van der Waals surface area contributed by atoms with Crippen molar-refractivity contribution in [2.24, 2.45) is 7.05 Å². The molecule has 2 heterocycles. The first-order valence-electron chi connectivity index (χ1n) is 5.38. The van der Waals surface area contributed by atoms with Gasteiger partial charge in [0.25, 0.3) is 5.91 Å². The number of nitrogens with zero attached hydrogens (tertiary/aromatic N) is 4. The van der Waals surface area contributed by atoms with E-state index in [0.29, 0.717) is 26.2 Å². The number of alkyl halides is 3. The van der Waals surface area contributed by atoms with Crippen molar-refractivity contribution in [1.29, 1.82) is 0 Å². The van der Waals surface area contributed by atoms with E-state index in [-0.39, 0.29) is 0 Å². The van der Waals surface area contributed by atoms with Gasteiger partial charge in [-0.05, 0) is 0 Å². The summed E-state index contributed by atoms with van der Waals surface area (Å²) in [6.07, 6.45) is -4.67. The number of piperazine rings is 1. The molecule has 0 aliphatic carbocycles. The molecule has 1 N–H and O–H groups in total. The Morgan fingerprint density at radius 2 is 1.89 bits per heavy atom. The Morgan fingerprint density at radius 3 is 2.44 bits per heavy atom. The van der Waals surface area contributed by atoms with Crippen LogP contribution in [0.5, 0.6) is 0 Å². The minimum atomic E-state index is -4.67. The van der Waals surface area contributed by atoms with Crippen LogP contribution in [-0.2, 0) is 13.2 Å². The molecule has 0 spiro atoms. The Morgan fingerprint density at radius 1 is 1.28 bits per heavy atom. The van der Waals surface area contributed by atoms with Crippen LogP contribution in [0.3, 0.4) is 0 Å². The number of hydrogen-bond acceptors (Lipinski definition) is 4. The van der Waals surface area contributed by atoms with Crippen molar-refractivity contribution in [3.63, 3.8) is 0 Å². The predicted molar refractivity (Wildman–Crippen MR) is 54.8 cm³/mol. The van der Waals surface area contributed by atoms with Gasteiger partial charge in [0.05, 0.1) is 0 Å². The minimum Gasteiger partial charge on any atom is -0.335 e. The van der Waals surface area contributed by atoms with Crippen LogP contribution < -0.4 is 5.32 Å². The first kappa shape index (κ1) is 12.8. The first-order valence-corrected chi connectivity index (χ1v) is 5.38. The average Bonchev–Trinajstić information content (AvgIpc) is 2.71. The molecule has 0 unspecified atom stereocenters. The monoisotopic (exact) mass is 263 g/mol. The number of aryl methyl sites for hydroxylation is 1. The van der Waals surface area contributed by atoms with Gasteiger partial charge in [-0.15, -0.1) is 10.2 Å². The number of nitrogens with one attached hydrogen (secondary N) is 1. The van der Waals surface area contributed by atoms with E-state index in [0.717, 1.165) is 4.80 Å². The molecule has 0 bridgehead atoms. The Balaban J connectivity index is 2.29. The highest BCUT2D eigenvalue weighted by Gasteiger charge is 2.41. The van der Waals surface area contributed by atoms with Crippen LogP contribution in [0, 0.1) is 0 Å². The molecule has 0 saturated carbocycles. The van der Waals surface area contributed by atoms with Crippen molar-refractivity contribution in [1.82, 2.24) is 25.2 Å². The quantitative estimate of drug-likeness (QED) is 0.767. The lowest BCUT2D eigenvalue weighted by molar-refractivity contribution is -0.141. The van der Waals surface area contributed by atoms with Gasteiger partial charge in [-0.25, -0.2) is 0 Å². The largest absolute Gasteiger partial charge is 0.437 e. The van der Waals surface area contributed by atoms with Crippen molar-refractivity contribution in [2.75, 3.05) is 26.2 Å². The van der Waals surface area contributed by atoms with Crippen LogP contribution in [0.4, 0.5) is 13.2 Å². The molecule has 1 aromatic heterocycles. The van der Waals surface area contributed by atoms with Crippen molar-refractivity contribution in [3.8, 4) is 0 Å². The molecule has 1 fully saturated rings. The number of halogens is 3. The van der Waals surface area contributed by atoms with Crippen molar-refractivity contribution < 1.29 is 18.0 Å². The molecule has 1 aromatic rings. The second-order valence-corrected chi connectivity index (χ2v) is 3.93. The summed E-state index contributed by atoms with van der Waals surface area (Å²) in [7, 11) is 1.25. The van der Waals surface area contributed by atoms with Crippen LogP contribution in [0.1, 0.15) is 16.2 Å². The smallest absolute Gasteiger partial charge is 0.335 e. The molecule has 2 rings (SSSR count). The molecule has 6 nitrogen and oxygen atoms in total. The molecule has 1 aliphatic rings. The molecule has 1 saturated heterocycles. The fourth-order valence-corrected chi connectivity index (χ4v) is 1.76. The third-order valence-corrected chi connectivity index (χ3v) is 2.59. The second kappa shape index (κ2) is 4.56. The fraction of sp³-hybridized carbons (Fsp3) is 0.667. The van der Waals surface area contributed by atoms with Crippen LogP contribution >= 0.6 is 0 Å². The highest BCUT2D eigenvalue weighted by atomic mass is 19.4. The van der Waals surface area contributed by atoms with Gasteiger partial charge in [-0.1, -0.05) is 0 Å². The van der Waals surface area contributed by atoms with Gasteiger partial charge < -0.3 is 10.2 Å². The van der Waals surface area contributed by atoms with Gasteiger partial charge in [0, 0.05) is 33.2 Å². The standard InChI is InChI=1S/C9H12F3N5O/c1-16-14-6(7(15-16)9(10,11)12)8(18)17-4-2-13-3-5-17/h13H,2-5H2,1H3. The van der Waals surface area contributed by atoms with E-state index in [1.807, 2.05) is 0 Å². The molecule has 100 valence electrons. The Hall–Kier alpha value is -1.64. The van der Waals surface area contributed by atoms with Crippen LogP contribution in [0.15, 0.2) is 0 Å². The van der Waals surface area contributed by atoms with E-state index >= 15 is 0 Å². The molecule has 1 amide bonds. The number of amides is 1. The number of carbonyl (C=O) groups is 1. The summed E-state index contributed by atoms with van der Waals surface area (Å²) in [6, 6.07) is 0. The maximum atomic E-state index is 12.7. The maximum Gasteiger partial charge on any atom is 0.437 e. The molecular formula is C9H12F3N5O. The van der Waals surface area contributed by atoms with Gasteiger partial charge in [0.15, 0.2) is 11.4 Å². The Bertz CT molecular complexity index is 450. The van der Waals surface area contributed by atoms with Crippen molar-refractivity contribution in [3.05, 3.63) is 11.4 Å². The van der Waals surface area contributed by atoms with Crippen LogP contribution in [0.25, 0.3) is 0 Å².